The summed E-state index contributed by atoms with van der Waals surface area (Å²) in [4.78, 5) is 11.0. The lowest BCUT2D eigenvalue weighted by Crippen LogP contribution is -2.26. The second-order valence-corrected chi connectivity index (χ2v) is 4.85. The fraction of sp³-hybridized carbons (Fsp3) is 0.800. The van der Waals surface area contributed by atoms with Crippen molar-refractivity contribution in [3.05, 3.63) is 12.7 Å². The first-order chi connectivity index (χ1) is 8.72. The van der Waals surface area contributed by atoms with Gasteiger partial charge in [0.1, 0.15) is 0 Å². The molecular weight excluding hydrogens is 226 g/mol. The van der Waals surface area contributed by atoms with Crippen molar-refractivity contribution in [1.82, 2.24) is 5.06 Å². The smallest absolute Gasteiger partial charge is 0.269 e. The lowest BCUT2D eigenvalue weighted by Gasteiger charge is -2.11. The molecule has 0 saturated heterocycles. The average molecular weight is 255 g/mol. The Morgan fingerprint density at radius 3 is 1.89 bits per heavy atom. The zero-order valence-corrected chi connectivity index (χ0v) is 11.9. The van der Waals surface area contributed by atoms with E-state index in [1.807, 2.05) is 0 Å². The number of hydrogen-bond donors (Lipinski definition) is 1. The number of hydroxylamine groups is 2. The minimum atomic E-state index is -0.411. The molecule has 0 radical (unpaired) electrons. The van der Waals surface area contributed by atoms with E-state index >= 15 is 0 Å². The van der Waals surface area contributed by atoms with Crippen LogP contribution in [0.1, 0.15) is 71.1 Å². The summed E-state index contributed by atoms with van der Waals surface area (Å²) in [6.07, 6.45) is 13.6. The summed E-state index contributed by atoms with van der Waals surface area (Å²) in [5.74, 6) is -0.411. The summed E-state index contributed by atoms with van der Waals surface area (Å²) >= 11 is 0. The molecule has 3 heteroatoms. The SMILES string of the molecule is C=CC(=O)N(O)CCCCCCCCCCCC. The molecule has 0 spiro atoms. The van der Waals surface area contributed by atoms with Crippen LogP contribution in [0.3, 0.4) is 0 Å². The van der Waals surface area contributed by atoms with E-state index < -0.39 is 5.91 Å². The minimum Gasteiger partial charge on any atom is -0.286 e. The Morgan fingerprint density at radius 1 is 1.00 bits per heavy atom. The lowest BCUT2D eigenvalue weighted by molar-refractivity contribution is -0.159. The van der Waals surface area contributed by atoms with Crippen LogP contribution in [0.25, 0.3) is 0 Å². The normalized spacial score (nSPS) is 10.3. The second-order valence-electron chi connectivity index (χ2n) is 4.85. The van der Waals surface area contributed by atoms with E-state index in [4.69, 9.17) is 0 Å². The van der Waals surface area contributed by atoms with Gasteiger partial charge in [0.15, 0.2) is 0 Å². The first-order valence-electron chi connectivity index (χ1n) is 7.35. The molecular formula is C15H29NO2. The first-order valence-corrected chi connectivity index (χ1v) is 7.35. The Kier molecular flexibility index (Phi) is 12.0. The van der Waals surface area contributed by atoms with Crippen molar-refractivity contribution >= 4 is 5.91 Å². The molecule has 1 N–H and O–H groups in total. The Balaban J connectivity index is 3.16. The van der Waals surface area contributed by atoms with Gasteiger partial charge in [-0.2, -0.15) is 0 Å². The summed E-state index contributed by atoms with van der Waals surface area (Å²) in [5.41, 5.74) is 0. The van der Waals surface area contributed by atoms with Gasteiger partial charge in [0, 0.05) is 6.54 Å². The maximum atomic E-state index is 11.0. The van der Waals surface area contributed by atoms with Crippen LogP contribution in [0.5, 0.6) is 0 Å². The highest BCUT2D eigenvalue weighted by Gasteiger charge is 2.04. The molecule has 0 atom stereocenters. The van der Waals surface area contributed by atoms with Gasteiger partial charge in [-0.25, -0.2) is 5.06 Å². The van der Waals surface area contributed by atoms with Gasteiger partial charge < -0.3 is 0 Å². The molecule has 0 saturated carbocycles. The molecule has 0 aromatic carbocycles. The van der Waals surface area contributed by atoms with E-state index in [1.54, 1.807) is 0 Å². The van der Waals surface area contributed by atoms with E-state index in [-0.39, 0.29) is 0 Å². The van der Waals surface area contributed by atoms with Crippen molar-refractivity contribution in [3.63, 3.8) is 0 Å². The van der Waals surface area contributed by atoms with Gasteiger partial charge in [-0.05, 0) is 12.5 Å². The third kappa shape index (κ3) is 10.3. The molecule has 0 heterocycles. The van der Waals surface area contributed by atoms with Crippen LogP contribution in [-0.2, 0) is 4.79 Å². The molecule has 0 rings (SSSR count). The predicted octanol–water partition coefficient (Wildman–Crippen LogP) is 4.31. The molecule has 0 aromatic heterocycles. The maximum absolute atomic E-state index is 11.0. The van der Waals surface area contributed by atoms with Crippen LogP contribution in [0.2, 0.25) is 0 Å². The first kappa shape index (κ1) is 17.2. The van der Waals surface area contributed by atoms with Gasteiger partial charge in [-0.1, -0.05) is 71.3 Å². The Hall–Kier alpha value is -0.830. The molecule has 0 aromatic rings. The molecule has 18 heavy (non-hydrogen) atoms. The van der Waals surface area contributed by atoms with Gasteiger partial charge in [0.05, 0.1) is 0 Å². The number of carbonyl (C=O) groups is 1. The average Bonchev–Trinajstić information content (AvgIpc) is 2.39. The van der Waals surface area contributed by atoms with Crippen LogP contribution >= 0.6 is 0 Å². The summed E-state index contributed by atoms with van der Waals surface area (Å²) in [6.45, 7) is 5.99. The number of nitrogens with zero attached hydrogens (tertiary/aromatic N) is 1. The van der Waals surface area contributed by atoms with Crippen LogP contribution in [0, 0.1) is 0 Å². The second kappa shape index (κ2) is 12.6. The van der Waals surface area contributed by atoms with Crippen molar-refractivity contribution in [2.45, 2.75) is 71.1 Å². The highest BCUT2D eigenvalue weighted by atomic mass is 16.5. The molecule has 0 fully saturated rings. The third-order valence-corrected chi connectivity index (χ3v) is 3.15. The summed E-state index contributed by atoms with van der Waals surface area (Å²) in [5, 5.41) is 10.0. The lowest BCUT2D eigenvalue weighted by atomic mass is 10.1. The Morgan fingerprint density at radius 2 is 1.44 bits per heavy atom. The summed E-state index contributed by atoms with van der Waals surface area (Å²) < 4.78 is 0. The minimum absolute atomic E-state index is 0.411. The van der Waals surface area contributed by atoms with Crippen molar-refractivity contribution in [1.29, 1.82) is 0 Å². The zero-order valence-electron chi connectivity index (χ0n) is 11.9. The molecule has 0 aliphatic carbocycles. The molecule has 3 nitrogen and oxygen atoms in total. The molecule has 0 aliphatic rings. The largest absolute Gasteiger partial charge is 0.286 e. The van der Waals surface area contributed by atoms with Gasteiger partial charge in [0.2, 0.25) is 0 Å². The predicted molar refractivity (Wildman–Crippen MR) is 75.5 cm³/mol. The van der Waals surface area contributed by atoms with Gasteiger partial charge >= 0.3 is 0 Å². The monoisotopic (exact) mass is 255 g/mol. The molecule has 0 bridgehead atoms. The topological polar surface area (TPSA) is 40.5 Å². The summed E-state index contributed by atoms with van der Waals surface area (Å²) in [6, 6.07) is 0. The van der Waals surface area contributed by atoms with E-state index in [1.165, 1.54) is 51.4 Å². The number of carbonyl (C=O) groups excluding carboxylic acids is 1. The summed E-state index contributed by atoms with van der Waals surface area (Å²) in [7, 11) is 0. The fourth-order valence-electron chi connectivity index (χ4n) is 1.96. The zero-order chi connectivity index (χ0) is 13.6. The van der Waals surface area contributed by atoms with Gasteiger partial charge in [-0.15, -0.1) is 0 Å². The number of rotatable bonds is 12. The van der Waals surface area contributed by atoms with Crippen LogP contribution in [0.15, 0.2) is 12.7 Å². The molecule has 1 amide bonds. The van der Waals surface area contributed by atoms with E-state index in [0.717, 1.165) is 24.0 Å². The molecule has 0 unspecified atom stereocenters. The van der Waals surface area contributed by atoms with Crippen LogP contribution in [-0.4, -0.2) is 22.7 Å². The highest BCUT2D eigenvalue weighted by Crippen LogP contribution is 2.10. The van der Waals surface area contributed by atoms with Gasteiger partial charge in [-0.3, -0.25) is 10.0 Å². The van der Waals surface area contributed by atoms with Crippen molar-refractivity contribution in [2.24, 2.45) is 0 Å². The van der Waals surface area contributed by atoms with Crippen LogP contribution < -0.4 is 0 Å². The molecule has 106 valence electrons. The Labute approximate surface area is 112 Å². The van der Waals surface area contributed by atoms with E-state index in [2.05, 4.69) is 13.5 Å². The van der Waals surface area contributed by atoms with E-state index in [0.29, 0.717) is 6.54 Å². The van der Waals surface area contributed by atoms with E-state index in [9.17, 15) is 10.0 Å². The number of amides is 1. The maximum Gasteiger partial charge on any atom is 0.269 e. The molecule has 0 aliphatic heterocycles. The number of hydrogen-bond acceptors (Lipinski definition) is 2. The number of unbranched alkanes of at least 4 members (excludes halogenated alkanes) is 9. The van der Waals surface area contributed by atoms with Crippen molar-refractivity contribution < 1.29 is 10.0 Å². The quantitative estimate of drug-likeness (QED) is 0.244. The van der Waals surface area contributed by atoms with Crippen molar-refractivity contribution in [2.75, 3.05) is 6.54 Å². The van der Waals surface area contributed by atoms with Crippen molar-refractivity contribution in [3.8, 4) is 0 Å². The standard InChI is InChI=1S/C15H29NO2/c1-3-5-6-7-8-9-10-11-12-13-14-16(18)15(17)4-2/h4,18H,2-3,5-14H2,1H3. The third-order valence-electron chi connectivity index (χ3n) is 3.15. The Bertz CT molecular complexity index is 217. The highest BCUT2D eigenvalue weighted by molar-refractivity contribution is 5.85. The van der Waals surface area contributed by atoms with Crippen LogP contribution in [0.4, 0.5) is 0 Å². The fourth-order valence-corrected chi connectivity index (χ4v) is 1.96. The van der Waals surface area contributed by atoms with Gasteiger partial charge in [0.25, 0.3) is 5.91 Å².